The summed E-state index contributed by atoms with van der Waals surface area (Å²) in [6, 6.07) is 22.9. The van der Waals surface area contributed by atoms with Gasteiger partial charge in [-0.3, -0.25) is 23.7 Å². The number of benzene rings is 3. The lowest BCUT2D eigenvalue weighted by Gasteiger charge is -2.30. The fourth-order valence-electron chi connectivity index (χ4n) is 5.56. The first-order valence-corrected chi connectivity index (χ1v) is 15.4. The maximum absolute atomic E-state index is 14.0. The maximum Gasteiger partial charge on any atom is 0.338 e. The van der Waals surface area contributed by atoms with Crippen molar-refractivity contribution in [2.24, 2.45) is 5.92 Å². The number of esters is 1. The maximum atomic E-state index is 14.0. The van der Waals surface area contributed by atoms with Gasteiger partial charge in [0.1, 0.15) is 11.8 Å². The van der Waals surface area contributed by atoms with E-state index < -0.39 is 29.0 Å². The molecule has 2 unspecified atom stereocenters. The largest absolute Gasteiger partial charge is 0.462 e. The molecule has 0 radical (unpaired) electrons. The van der Waals surface area contributed by atoms with Crippen molar-refractivity contribution in [2.75, 3.05) is 16.8 Å². The van der Waals surface area contributed by atoms with Gasteiger partial charge in [0.25, 0.3) is 0 Å². The van der Waals surface area contributed by atoms with Crippen LogP contribution in [0.15, 0.2) is 88.7 Å². The molecule has 4 aromatic rings. The molecule has 3 aromatic carbocycles. The van der Waals surface area contributed by atoms with Crippen molar-refractivity contribution >= 4 is 58.2 Å². The van der Waals surface area contributed by atoms with Gasteiger partial charge in [0.2, 0.25) is 17.7 Å². The van der Waals surface area contributed by atoms with Crippen LogP contribution in [-0.2, 0) is 25.7 Å². The molecule has 3 atom stereocenters. The lowest BCUT2D eigenvalue weighted by Crippen LogP contribution is -2.33. The van der Waals surface area contributed by atoms with Crippen molar-refractivity contribution < 1.29 is 23.9 Å². The highest BCUT2D eigenvalue weighted by molar-refractivity contribution is 8.00. The Morgan fingerprint density at radius 2 is 1.67 bits per heavy atom. The lowest BCUT2D eigenvalue weighted by molar-refractivity contribution is -0.122. The third-order valence-electron chi connectivity index (χ3n) is 7.45. The van der Waals surface area contributed by atoms with Gasteiger partial charge in [0.05, 0.1) is 28.8 Å². The first-order valence-electron chi connectivity index (χ1n) is 13.7. The van der Waals surface area contributed by atoms with Crippen LogP contribution in [0.2, 0.25) is 0 Å². The first-order chi connectivity index (χ1) is 20.8. The number of carbonyl (C=O) groups excluding carboxylic acids is 4. The number of hydrogen-bond acceptors (Lipinski definition) is 8. The van der Waals surface area contributed by atoms with E-state index in [1.54, 1.807) is 25.1 Å². The molecular weight excluding hydrogens is 587 g/mol. The molecule has 1 N–H and O–H groups in total. The van der Waals surface area contributed by atoms with Crippen LogP contribution in [-0.4, -0.2) is 40.1 Å². The molecule has 6 rings (SSSR count). The SMILES string of the molecule is CCOC(=O)c1ccc(N2C(=O)C3Sc4c(sc(=O)n4CC(=O)Nc4cccc(C)c4)[C@H](c4ccccc4)C3C2=O)cc1. The molecule has 2 aliphatic rings. The molecule has 43 heavy (non-hydrogen) atoms. The van der Waals surface area contributed by atoms with E-state index in [2.05, 4.69) is 5.32 Å². The Kier molecular flexibility index (Phi) is 7.76. The van der Waals surface area contributed by atoms with Gasteiger partial charge < -0.3 is 10.1 Å². The van der Waals surface area contributed by atoms with Crippen LogP contribution in [0, 0.1) is 12.8 Å². The average Bonchev–Trinajstić information content (AvgIpc) is 3.44. The number of aryl methyl sites for hydroxylation is 1. The number of ether oxygens (including phenoxy) is 1. The van der Waals surface area contributed by atoms with Gasteiger partial charge in [-0.1, -0.05) is 65.6 Å². The number of nitrogens with one attached hydrogen (secondary N) is 1. The second-order valence-corrected chi connectivity index (χ2v) is 12.4. The van der Waals surface area contributed by atoms with Crippen molar-refractivity contribution in [3.05, 3.63) is 110 Å². The van der Waals surface area contributed by atoms with E-state index >= 15 is 0 Å². The van der Waals surface area contributed by atoms with Gasteiger partial charge in [-0.2, -0.15) is 0 Å². The van der Waals surface area contributed by atoms with Crippen molar-refractivity contribution in [2.45, 2.75) is 36.6 Å². The summed E-state index contributed by atoms with van der Waals surface area (Å²) in [7, 11) is 0. The number of carbonyl (C=O) groups is 4. The summed E-state index contributed by atoms with van der Waals surface area (Å²) in [6.45, 7) is 3.63. The molecule has 218 valence electrons. The summed E-state index contributed by atoms with van der Waals surface area (Å²) < 4.78 is 6.44. The Balaban J connectivity index is 1.36. The molecule has 1 saturated heterocycles. The predicted molar refractivity (Wildman–Crippen MR) is 165 cm³/mol. The van der Waals surface area contributed by atoms with Crippen LogP contribution in [0.4, 0.5) is 11.4 Å². The average molecular weight is 614 g/mol. The Bertz CT molecular complexity index is 1800. The number of aromatic nitrogens is 1. The number of thiazole rings is 1. The second kappa shape index (κ2) is 11.7. The number of fused-ring (bicyclic) bond motifs is 2. The second-order valence-electron chi connectivity index (χ2n) is 10.3. The third kappa shape index (κ3) is 5.30. The lowest BCUT2D eigenvalue weighted by atomic mass is 9.83. The van der Waals surface area contributed by atoms with E-state index in [1.807, 2.05) is 55.5 Å². The quantitative estimate of drug-likeness (QED) is 0.235. The van der Waals surface area contributed by atoms with Gasteiger partial charge in [-0.15, -0.1) is 0 Å². The van der Waals surface area contributed by atoms with Crippen LogP contribution < -0.4 is 15.1 Å². The smallest absolute Gasteiger partial charge is 0.338 e. The topological polar surface area (TPSA) is 115 Å². The zero-order chi connectivity index (χ0) is 30.2. The van der Waals surface area contributed by atoms with E-state index in [0.29, 0.717) is 26.8 Å². The molecule has 2 aliphatic heterocycles. The van der Waals surface area contributed by atoms with Crippen LogP contribution in [0.1, 0.15) is 39.2 Å². The highest BCUT2D eigenvalue weighted by Gasteiger charge is 2.56. The van der Waals surface area contributed by atoms with Gasteiger partial charge in [-0.25, -0.2) is 9.69 Å². The molecule has 0 spiro atoms. The molecule has 11 heteroatoms. The molecule has 0 aliphatic carbocycles. The summed E-state index contributed by atoms with van der Waals surface area (Å²) in [6.07, 6.45) is 0. The molecule has 0 saturated carbocycles. The first kappa shape index (κ1) is 28.6. The van der Waals surface area contributed by atoms with Crippen LogP contribution in [0.25, 0.3) is 0 Å². The number of imide groups is 1. The van der Waals surface area contributed by atoms with Crippen molar-refractivity contribution in [1.82, 2.24) is 4.57 Å². The van der Waals surface area contributed by atoms with E-state index in [0.717, 1.165) is 39.1 Å². The van der Waals surface area contributed by atoms with E-state index in [9.17, 15) is 24.0 Å². The number of amides is 3. The van der Waals surface area contributed by atoms with E-state index in [-0.39, 0.29) is 29.8 Å². The summed E-state index contributed by atoms with van der Waals surface area (Å²) in [5, 5.41) is 2.55. The number of thioether (sulfide) groups is 1. The highest BCUT2D eigenvalue weighted by atomic mass is 32.2. The summed E-state index contributed by atoms with van der Waals surface area (Å²) in [5.41, 5.74) is 3.08. The Hall–Kier alpha value is -4.48. The van der Waals surface area contributed by atoms with E-state index in [1.165, 1.54) is 16.7 Å². The molecular formula is C32H27N3O6S2. The summed E-state index contributed by atoms with van der Waals surface area (Å²) >= 11 is 2.16. The summed E-state index contributed by atoms with van der Waals surface area (Å²) in [4.78, 5) is 67.9. The minimum atomic E-state index is -0.810. The van der Waals surface area contributed by atoms with Gasteiger partial charge in [0, 0.05) is 16.5 Å². The van der Waals surface area contributed by atoms with Crippen LogP contribution in [0.5, 0.6) is 0 Å². The van der Waals surface area contributed by atoms with Crippen LogP contribution >= 0.6 is 23.1 Å². The number of anilines is 2. The Morgan fingerprint density at radius 3 is 2.37 bits per heavy atom. The van der Waals surface area contributed by atoms with Crippen molar-refractivity contribution in [3.63, 3.8) is 0 Å². The zero-order valence-corrected chi connectivity index (χ0v) is 24.9. The molecule has 3 heterocycles. The monoisotopic (exact) mass is 613 g/mol. The standard InChI is InChI=1S/C32H27N3O6S2/c1-3-41-31(39)20-12-14-22(15-13-20)35-28(37)25-24(19-9-5-4-6-10-19)27-30(42-26(25)29(35)38)34(32(40)43-27)17-23(36)33-21-11-7-8-18(2)16-21/h4-16,24-26H,3,17H2,1-2H3,(H,33,36)/t24-,25?,26?/m1/s1. The molecule has 9 nitrogen and oxygen atoms in total. The number of hydrogen-bond donors (Lipinski definition) is 1. The Labute approximate surface area is 255 Å². The van der Waals surface area contributed by atoms with Crippen LogP contribution in [0.3, 0.4) is 0 Å². The zero-order valence-electron chi connectivity index (χ0n) is 23.3. The minimum Gasteiger partial charge on any atom is -0.462 e. The van der Waals surface area contributed by atoms with Gasteiger partial charge >= 0.3 is 10.8 Å². The van der Waals surface area contributed by atoms with Gasteiger partial charge in [-0.05, 0) is 61.4 Å². The molecule has 0 bridgehead atoms. The predicted octanol–water partition coefficient (Wildman–Crippen LogP) is 4.83. The number of rotatable bonds is 7. The fourth-order valence-corrected chi connectivity index (χ4v) is 8.33. The molecule has 3 amide bonds. The normalized spacial score (nSPS) is 19.1. The minimum absolute atomic E-state index is 0.230. The molecule has 1 fully saturated rings. The van der Waals surface area contributed by atoms with Crippen molar-refractivity contribution in [3.8, 4) is 0 Å². The van der Waals surface area contributed by atoms with Crippen molar-refractivity contribution in [1.29, 1.82) is 0 Å². The third-order valence-corrected chi connectivity index (χ3v) is 10.1. The highest BCUT2D eigenvalue weighted by Crippen LogP contribution is 2.53. The fraction of sp³-hybridized carbons (Fsp3) is 0.219. The molecule has 1 aromatic heterocycles. The summed E-state index contributed by atoms with van der Waals surface area (Å²) in [5.74, 6) is -2.97. The number of nitrogens with zero attached hydrogens (tertiary/aromatic N) is 2. The van der Waals surface area contributed by atoms with Gasteiger partial charge in [0.15, 0.2) is 0 Å². The Morgan fingerprint density at radius 1 is 0.930 bits per heavy atom. The van der Waals surface area contributed by atoms with E-state index in [4.69, 9.17) is 4.74 Å².